The van der Waals surface area contributed by atoms with Crippen LogP contribution in [0.5, 0.6) is 5.75 Å². The zero-order valence-electron chi connectivity index (χ0n) is 17.4. The number of benzene rings is 1. The summed E-state index contributed by atoms with van der Waals surface area (Å²) in [6.07, 6.45) is 1.78. The first kappa shape index (κ1) is 22.0. The minimum absolute atomic E-state index is 0.112. The average Bonchev–Trinajstić information content (AvgIpc) is 3.07. The number of sulfonamides is 1. The molecule has 3 N–H and O–H groups in total. The van der Waals surface area contributed by atoms with Crippen LogP contribution in [0.15, 0.2) is 23.1 Å². The highest BCUT2D eigenvalue weighted by Crippen LogP contribution is 2.36. The lowest BCUT2D eigenvalue weighted by atomic mass is 10.1. The highest BCUT2D eigenvalue weighted by atomic mass is 32.2. The van der Waals surface area contributed by atoms with Crippen LogP contribution in [0.3, 0.4) is 0 Å². The van der Waals surface area contributed by atoms with E-state index in [4.69, 9.17) is 4.74 Å². The first-order chi connectivity index (χ1) is 13.8. The van der Waals surface area contributed by atoms with E-state index in [1.807, 2.05) is 13.0 Å². The van der Waals surface area contributed by atoms with Crippen molar-refractivity contribution in [2.75, 3.05) is 32.1 Å². The number of nitrogens with one attached hydrogen (secondary N) is 3. The van der Waals surface area contributed by atoms with Crippen LogP contribution in [0.25, 0.3) is 10.4 Å². The van der Waals surface area contributed by atoms with E-state index >= 15 is 0 Å². The van der Waals surface area contributed by atoms with Gasteiger partial charge in [-0.25, -0.2) is 18.1 Å². The van der Waals surface area contributed by atoms with E-state index in [1.165, 1.54) is 18.4 Å². The summed E-state index contributed by atoms with van der Waals surface area (Å²) in [5.41, 5.74) is 1.69. The maximum absolute atomic E-state index is 13.1. The van der Waals surface area contributed by atoms with Crippen LogP contribution in [0.1, 0.15) is 32.4 Å². The van der Waals surface area contributed by atoms with E-state index in [0.717, 1.165) is 47.2 Å². The molecule has 3 rings (SSSR count). The van der Waals surface area contributed by atoms with Crippen LogP contribution in [0.2, 0.25) is 0 Å². The van der Waals surface area contributed by atoms with Crippen molar-refractivity contribution in [1.29, 1.82) is 0 Å². The summed E-state index contributed by atoms with van der Waals surface area (Å²) in [6, 6.07) is 5.17. The highest BCUT2D eigenvalue weighted by Gasteiger charge is 2.26. The molecule has 1 aliphatic heterocycles. The van der Waals surface area contributed by atoms with E-state index in [2.05, 4.69) is 34.2 Å². The Bertz CT molecular complexity index is 935. The number of ether oxygens (including phenoxy) is 1. The molecule has 1 aromatic carbocycles. The molecule has 160 valence electrons. The van der Waals surface area contributed by atoms with Crippen molar-refractivity contribution in [2.45, 2.75) is 44.6 Å². The Labute approximate surface area is 177 Å². The molecule has 2 aromatic rings. The smallest absolute Gasteiger partial charge is 0.244 e. The highest BCUT2D eigenvalue weighted by molar-refractivity contribution is 7.89. The number of aromatic nitrogens is 1. The van der Waals surface area contributed by atoms with Crippen molar-refractivity contribution in [3.63, 3.8) is 0 Å². The summed E-state index contributed by atoms with van der Waals surface area (Å²) >= 11 is 1.53. The largest absolute Gasteiger partial charge is 0.495 e. The maximum atomic E-state index is 13.1. The first-order valence-corrected chi connectivity index (χ1v) is 12.2. The average molecular weight is 439 g/mol. The van der Waals surface area contributed by atoms with E-state index < -0.39 is 10.0 Å². The SMILES string of the molecule is COc1ccc(-c2sc(NCC(C)C)nc2C)cc1S(=O)(=O)NC1CCCNC1. The zero-order valence-corrected chi connectivity index (χ0v) is 19.0. The number of hydrogen-bond donors (Lipinski definition) is 3. The quantitative estimate of drug-likeness (QED) is 0.586. The second-order valence-corrected chi connectivity index (χ2v) is 10.4. The molecule has 1 atom stereocenters. The predicted molar refractivity (Wildman–Crippen MR) is 118 cm³/mol. The van der Waals surface area contributed by atoms with Gasteiger partial charge < -0.3 is 15.4 Å². The van der Waals surface area contributed by atoms with E-state index in [-0.39, 0.29) is 10.9 Å². The van der Waals surface area contributed by atoms with Crippen LogP contribution in [0.4, 0.5) is 5.13 Å². The zero-order chi connectivity index (χ0) is 21.0. The Morgan fingerprint density at radius 2 is 2.17 bits per heavy atom. The Kier molecular flexibility index (Phi) is 7.15. The molecule has 1 aliphatic rings. The van der Waals surface area contributed by atoms with Crippen LogP contribution in [-0.2, 0) is 10.0 Å². The molecule has 1 fully saturated rings. The van der Waals surface area contributed by atoms with Gasteiger partial charge in [0.15, 0.2) is 5.13 Å². The standard InChI is InChI=1S/C20H30N4O3S2/c1-13(2)11-22-20-23-14(3)19(28-20)15-7-8-17(27-4)18(10-15)29(25,26)24-16-6-5-9-21-12-16/h7-8,10,13,16,21,24H,5-6,9,11-12H2,1-4H3,(H,22,23). The molecule has 7 nitrogen and oxygen atoms in total. The fourth-order valence-corrected chi connectivity index (χ4v) is 5.73. The van der Waals surface area contributed by atoms with E-state index in [9.17, 15) is 8.42 Å². The second kappa shape index (κ2) is 9.42. The molecule has 29 heavy (non-hydrogen) atoms. The number of anilines is 1. The molecule has 0 bridgehead atoms. The first-order valence-electron chi connectivity index (χ1n) is 9.93. The Morgan fingerprint density at radius 3 is 2.83 bits per heavy atom. The second-order valence-electron chi connectivity index (χ2n) is 7.74. The lowest BCUT2D eigenvalue weighted by Gasteiger charge is -2.24. The minimum Gasteiger partial charge on any atom is -0.495 e. The molecule has 2 heterocycles. The van der Waals surface area contributed by atoms with Gasteiger partial charge in [-0.2, -0.15) is 0 Å². The number of thiazole rings is 1. The number of methoxy groups -OCH3 is 1. The molecule has 9 heteroatoms. The molecule has 0 spiro atoms. The third-order valence-corrected chi connectivity index (χ3v) is 7.50. The van der Waals surface area contributed by atoms with Gasteiger partial charge in [0.2, 0.25) is 10.0 Å². The lowest BCUT2D eigenvalue weighted by Crippen LogP contribution is -2.45. The number of rotatable bonds is 8. The predicted octanol–water partition coefficient (Wildman–Crippen LogP) is 3.23. The molecule has 0 aliphatic carbocycles. The lowest BCUT2D eigenvalue weighted by molar-refractivity contribution is 0.399. The van der Waals surface area contributed by atoms with Crippen LogP contribution >= 0.6 is 11.3 Å². The molecule has 1 saturated heterocycles. The molecule has 1 aromatic heterocycles. The van der Waals surface area contributed by atoms with Gasteiger partial charge in [0.05, 0.1) is 17.7 Å². The minimum atomic E-state index is -3.71. The summed E-state index contributed by atoms with van der Waals surface area (Å²) < 4.78 is 34.4. The number of nitrogens with zero attached hydrogens (tertiary/aromatic N) is 1. The monoisotopic (exact) mass is 438 g/mol. The Hall–Kier alpha value is -1.68. The number of aryl methyl sites for hydroxylation is 1. The molecular weight excluding hydrogens is 408 g/mol. The van der Waals surface area contributed by atoms with Gasteiger partial charge in [-0.05, 0) is 56.0 Å². The van der Waals surface area contributed by atoms with Crippen LogP contribution in [0, 0.1) is 12.8 Å². The maximum Gasteiger partial charge on any atom is 0.244 e. The van der Waals surface area contributed by atoms with E-state index in [0.29, 0.717) is 18.2 Å². The van der Waals surface area contributed by atoms with Gasteiger partial charge >= 0.3 is 0 Å². The summed E-state index contributed by atoms with van der Waals surface area (Å²) in [4.78, 5) is 5.70. The molecule has 0 radical (unpaired) electrons. The van der Waals surface area contributed by atoms with Gasteiger partial charge in [0, 0.05) is 19.1 Å². The van der Waals surface area contributed by atoms with E-state index in [1.54, 1.807) is 12.1 Å². The van der Waals surface area contributed by atoms with Crippen LogP contribution in [-0.4, -0.2) is 46.2 Å². The topological polar surface area (TPSA) is 92.3 Å². The fourth-order valence-electron chi connectivity index (χ4n) is 3.29. The van der Waals surface area contributed by atoms with Crippen molar-refractivity contribution in [2.24, 2.45) is 5.92 Å². The van der Waals surface area contributed by atoms with Crippen molar-refractivity contribution >= 4 is 26.5 Å². The summed E-state index contributed by atoms with van der Waals surface area (Å²) in [5.74, 6) is 0.853. The fraction of sp³-hybridized carbons (Fsp3) is 0.550. The van der Waals surface area contributed by atoms with Crippen molar-refractivity contribution in [1.82, 2.24) is 15.0 Å². The van der Waals surface area contributed by atoms with Crippen molar-refractivity contribution in [3.05, 3.63) is 23.9 Å². The molecular formula is C20H30N4O3S2. The summed E-state index contributed by atoms with van der Waals surface area (Å²) in [6.45, 7) is 8.63. The van der Waals surface area contributed by atoms with Gasteiger partial charge in [-0.3, -0.25) is 0 Å². The Morgan fingerprint density at radius 1 is 1.38 bits per heavy atom. The third-order valence-electron chi connectivity index (χ3n) is 4.79. The molecule has 0 amide bonds. The van der Waals surface area contributed by atoms with Gasteiger partial charge in [0.1, 0.15) is 10.6 Å². The van der Waals surface area contributed by atoms with Gasteiger partial charge in [0.25, 0.3) is 0 Å². The van der Waals surface area contributed by atoms with Crippen molar-refractivity contribution < 1.29 is 13.2 Å². The van der Waals surface area contributed by atoms with Crippen molar-refractivity contribution in [3.8, 4) is 16.2 Å². The van der Waals surface area contributed by atoms with Gasteiger partial charge in [-0.1, -0.05) is 25.2 Å². The normalized spacial score (nSPS) is 17.5. The molecule has 0 saturated carbocycles. The number of hydrogen-bond acceptors (Lipinski definition) is 7. The van der Waals surface area contributed by atoms with Gasteiger partial charge in [-0.15, -0.1) is 0 Å². The Balaban J connectivity index is 1.91. The molecule has 1 unspecified atom stereocenters. The van der Waals surface area contributed by atoms with Crippen LogP contribution < -0.4 is 20.1 Å². The number of piperidine rings is 1. The third kappa shape index (κ3) is 5.48. The summed E-state index contributed by atoms with van der Waals surface area (Å²) in [5, 5.41) is 7.42. The summed E-state index contributed by atoms with van der Waals surface area (Å²) in [7, 11) is -2.22.